The predicted octanol–water partition coefficient (Wildman–Crippen LogP) is 9.78. The average molecular weight is 569 g/mol. The summed E-state index contributed by atoms with van der Waals surface area (Å²) in [6.07, 6.45) is 21.8. The molecular weight excluding hydrogens is 504 g/mol. The van der Waals surface area contributed by atoms with Crippen LogP contribution >= 0.6 is 0 Å². The number of carbonyl (C=O) groups is 1. The lowest BCUT2D eigenvalue weighted by Gasteiger charge is -2.50. The van der Waals surface area contributed by atoms with E-state index in [0.717, 1.165) is 96.3 Å². The lowest BCUT2D eigenvalue weighted by atomic mass is 9.69. The topological polar surface area (TPSA) is 96.2 Å². The van der Waals surface area contributed by atoms with Crippen LogP contribution in [0.4, 0.5) is 0 Å². The van der Waals surface area contributed by atoms with Crippen LogP contribution in [0.15, 0.2) is 11.5 Å². The minimum absolute atomic E-state index is 0.353. The molecule has 0 aromatic heterocycles. The molecule has 1 aliphatic rings. The first-order valence-corrected chi connectivity index (χ1v) is 17.0. The Kier molecular flexibility index (Phi) is 19.7. The van der Waals surface area contributed by atoms with Crippen LogP contribution < -0.4 is 0 Å². The van der Waals surface area contributed by atoms with E-state index in [4.69, 9.17) is 9.47 Å². The van der Waals surface area contributed by atoms with E-state index in [1.165, 1.54) is 32.1 Å². The van der Waals surface area contributed by atoms with Gasteiger partial charge in [0.1, 0.15) is 11.2 Å². The molecule has 236 valence electrons. The van der Waals surface area contributed by atoms with Crippen LogP contribution in [-0.4, -0.2) is 45.2 Å². The molecule has 0 aromatic rings. The van der Waals surface area contributed by atoms with Gasteiger partial charge in [-0.25, -0.2) is 4.79 Å². The molecule has 0 saturated heterocycles. The van der Waals surface area contributed by atoms with E-state index in [2.05, 4.69) is 27.7 Å². The third kappa shape index (κ3) is 11.9. The molecule has 1 rings (SSSR count). The Balaban J connectivity index is 3.37. The molecule has 0 radical (unpaired) electrons. The van der Waals surface area contributed by atoms with Crippen molar-refractivity contribution in [3.8, 4) is 0 Å². The molecule has 0 aromatic carbocycles. The SMILES string of the molecule is CCCCCCCOC(CCCCCCC)(CCCCCCC)[C@@](O)(CCCCCCC)[C@H]1OC(=O)C(O)=C1O. The van der Waals surface area contributed by atoms with E-state index < -0.39 is 34.8 Å². The van der Waals surface area contributed by atoms with Gasteiger partial charge in [-0.1, -0.05) is 150 Å². The van der Waals surface area contributed by atoms with Gasteiger partial charge in [0.2, 0.25) is 5.76 Å². The van der Waals surface area contributed by atoms with Crippen LogP contribution in [0.25, 0.3) is 0 Å². The van der Waals surface area contributed by atoms with Crippen LogP contribution in [0.2, 0.25) is 0 Å². The fourth-order valence-electron chi connectivity index (χ4n) is 6.20. The van der Waals surface area contributed by atoms with Crippen molar-refractivity contribution >= 4 is 5.97 Å². The number of aliphatic hydroxyl groups excluding tert-OH is 2. The summed E-state index contributed by atoms with van der Waals surface area (Å²) in [5.74, 6) is -2.30. The third-order valence-electron chi connectivity index (χ3n) is 8.79. The van der Waals surface area contributed by atoms with Gasteiger partial charge in [0.25, 0.3) is 0 Å². The summed E-state index contributed by atoms with van der Waals surface area (Å²) in [6.45, 7) is 9.32. The minimum atomic E-state index is -1.62. The molecule has 0 spiro atoms. The van der Waals surface area contributed by atoms with E-state index in [9.17, 15) is 20.1 Å². The highest BCUT2D eigenvalue weighted by Crippen LogP contribution is 2.46. The Labute approximate surface area is 246 Å². The summed E-state index contributed by atoms with van der Waals surface area (Å²) in [7, 11) is 0. The molecule has 0 bridgehead atoms. The smallest absolute Gasteiger partial charge is 0.378 e. The van der Waals surface area contributed by atoms with Crippen molar-refractivity contribution < 1.29 is 29.6 Å². The van der Waals surface area contributed by atoms with E-state index in [1.807, 2.05) is 0 Å². The minimum Gasteiger partial charge on any atom is -0.505 e. The molecule has 1 aliphatic heterocycles. The van der Waals surface area contributed by atoms with Crippen LogP contribution in [0.5, 0.6) is 0 Å². The molecule has 0 fully saturated rings. The monoisotopic (exact) mass is 568 g/mol. The van der Waals surface area contributed by atoms with Gasteiger partial charge in [0, 0.05) is 6.61 Å². The lowest BCUT2D eigenvalue weighted by molar-refractivity contribution is -0.236. The Hall–Kier alpha value is -1.27. The first kappa shape index (κ1) is 36.8. The number of carbonyl (C=O) groups excluding carboxylic acids is 1. The van der Waals surface area contributed by atoms with E-state index in [1.54, 1.807) is 0 Å². The zero-order valence-corrected chi connectivity index (χ0v) is 26.6. The summed E-state index contributed by atoms with van der Waals surface area (Å²) in [4.78, 5) is 12.4. The molecule has 3 N–H and O–H groups in total. The molecule has 0 aliphatic carbocycles. The molecule has 2 atom stereocenters. The van der Waals surface area contributed by atoms with Crippen molar-refractivity contribution in [1.29, 1.82) is 0 Å². The highest BCUT2D eigenvalue weighted by molar-refractivity contribution is 5.89. The maximum atomic E-state index is 12.7. The number of unbranched alkanes of at least 4 members (excludes halogenated alkanes) is 16. The second-order valence-electron chi connectivity index (χ2n) is 12.2. The maximum Gasteiger partial charge on any atom is 0.378 e. The number of cyclic esters (lactones) is 1. The summed E-state index contributed by atoms with van der Waals surface area (Å²) < 4.78 is 12.4. The van der Waals surface area contributed by atoms with Gasteiger partial charge in [0.15, 0.2) is 11.9 Å². The first-order chi connectivity index (χ1) is 19.3. The van der Waals surface area contributed by atoms with E-state index in [0.29, 0.717) is 25.9 Å². The summed E-state index contributed by atoms with van der Waals surface area (Å²) in [6, 6.07) is 0. The molecule has 6 nitrogen and oxygen atoms in total. The van der Waals surface area contributed by atoms with Gasteiger partial charge >= 0.3 is 5.97 Å². The fraction of sp³-hybridized carbons (Fsp3) is 0.912. The van der Waals surface area contributed by atoms with Gasteiger partial charge in [-0.2, -0.15) is 0 Å². The third-order valence-corrected chi connectivity index (χ3v) is 8.79. The highest BCUT2D eigenvalue weighted by Gasteiger charge is 2.60. The van der Waals surface area contributed by atoms with Gasteiger partial charge < -0.3 is 24.8 Å². The van der Waals surface area contributed by atoms with E-state index >= 15 is 0 Å². The second-order valence-corrected chi connectivity index (χ2v) is 12.2. The molecular formula is C34H64O6. The quantitative estimate of drug-likeness (QED) is 0.0674. The Morgan fingerprint density at radius 3 is 1.43 bits per heavy atom. The molecule has 1 heterocycles. The summed E-state index contributed by atoms with van der Waals surface area (Å²) in [5, 5.41) is 33.9. The molecule has 6 heteroatoms. The highest BCUT2D eigenvalue weighted by atomic mass is 16.6. The van der Waals surface area contributed by atoms with Crippen LogP contribution in [-0.2, 0) is 14.3 Å². The van der Waals surface area contributed by atoms with Crippen LogP contribution in [0.1, 0.15) is 175 Å². The number of ether oxygens (including phenoxy) is 2. The normalized spacial score (nSPS) is 17.4. The van der Waals surface area contributed by atoms with Gasteiger partial charge in [-0.3, -0.25) is 0 Å². The van der Waals surface area contributed by atoms with Crippen molar-refractivity contribution in [2.24, 2.45) is 0 Å². The van der Waals surface area contributed by atoms with Crippen molar-refractivity contribution in [3.05, 3.63) is 11.5 Å². The van der Waals surface area contributed by atoms with Gasteiger partial charge in [-0.05, 0) is 25.7 Å². The number of hydrogen-bond acceptors (Lipinski definition) is 6. The molecule has 0 amide bonds. The Morgan fingerprint density at radius 1 is 0.625 bits per heavy atom. The molecule has 40 heavy (non-hydrogen) atoms. The lowest BCUT2D eigenvalue weighted by Crippen LogP contribution is -2.63. The fourth-order valence-corrected chi connectivity index (χ4v) is 6.20. The van der Waals surface area contributed by atoms with Crippen molar-refractivity contribution in [3.63, 3.8) is 0 Å². The standard InChI is InChI=1S/C34H64O6/c1-5-9-13-17-21-25-33(26-22-18-14-10-6-2,39-28-24-20-16-12-8-4)34(38,27-23-19-15-11-7-3)31-29(35)30(36)32(37)40-31/h31,35-36,38H,5-28H2,1-4H3/t31-,34+/m0/s1. The largest absolute Gasteiger partial charge is 0.505 e. The van der Waals surface area contributed by atoms with Crippen LogP contribution in [0.3, 0.4) is 0 Å². The van der Waals surface area contributed by atoms with Crippen molar-refractivity contribution in [2.75, 3.05) is 6.61 Å². The number of hydrogen-bond donors (Lipinski definition) is 3. The Morgan fingerprint density at radius 2 is 1.02 bits per heavy atom. The average Bonchev–Trinajstić information content (AvgIpc) is 3.21. The van der Waals surface area contributed by atoms with E-state index in [-0.39, 0.29) is 0 Å². The molecule has 0 saturated carbocycles. The summed E-state index contributed by atoms with van der Waals surface area (Å²) in [5.41, 5.74) is -2.59. The van der Waals surface area contributed by atoms with Gasteiger partial charge in [-0.15, -0.1) is 0 Å². The maximum absolute atomic E-state index is 12.7. The number of aliphatic hydroxyl groups is 3. The van der Waals surface area contributed by atoms with Gasteiger partial charge in [0.05, 0.1) is 0 Å². The van der Waals surface area contributed by atoms with Crippen LogP contribution in [0, 0.1) is 0 Å². The zero-order valence-electron chi connectivity index (χ0n) is 26.6. The first-order valence-electron chi connectivity index (χ1n) is 17.0. The van der Waals surface area contributed by atoms with Crippen molar-refractivity contribution in [1.82, 2.24) is 0 Å². The Bertz CT molecular complexity index is 676. The molecule has 0 unspecified atom stereocenters. The number of esters is 1. The zero-order chi connectivity index (χ0) is 29.7. The second kappa shape index (κ2) is 21.4. The predicted molar refractivity (Wildman–Crippen MR) is 165 cm³/mol. The number of rotatable bonds is 27. The van der Waals surface area contributed by atoms with Crippen molar-refractivity contribution in [2.45, 2.75) is 193 Å². The summed E-state index contributed by atoms with van der Waals surface area (Å²) >= 11 is 0.